The first-order chi connectivity index (χ1) is 11.5. The highest BCUT2D eigenvalue weighted by atomic mass is 32.2. The molecule has 4 nitrogen and oxygen atoms in total. The molecule has 1 unspecified atom stereocenters. The van der Waals surface area contributed by atoms with Crippen LogP contribution in [0, 0.1) is 11.6 Å². The average Bonchev–Trinajstić information content (AvgIpc) is 2.59. The first-order valence-corrected chi connectivity index (χ1v) is 8.72. The first-order valence-electron chi connectivity index (χ1n) is 7.65. The van der Waals surface area contributed by atoms with Crippen LogP contribution in [0.25, 0.3) is 0 Å². The smallest absolute Gasteiger partial charge is 0.234 e. The molecule has 1 N–H and O–H groups in total. The Balaban J connectivity index is 1.89. The van der Waals surface area contributed by atoms with E-state index < -0.39 is 11.3 Å². The van der Waals surface area contributed by atoms with E-state index in [9.17, 15) is 17.5 Å². The van der Waals surface area contributed by atoms with Gasteiger partial charge in [0, 0.05) is 26.2 Å². The maximum absolute atomic E-state index is 13.3. The standard InChI is InChI=1S/C17H18F2N2O2S/c18-15-5-1-13(2-6-15)17(14-3-7-16(19)8-4-14)20-9-11-21(12-10-20)24(22)23/h1-8,17H,9-12H2,(H,22,23). The molecule has 1 saturated heterocycles. The highest BCUT2D eigenvalue weighted by molar-refractivity contribution is 7.76. The molecule has 1 aliphatic rings. The van der Waals surface area contributed by atoms with E-state index in [0.29, 0.717) is 26.2 Å². The Kier molecular flexibility index (Phi) is 5.35. The summed E-state index contributed by atoms with van der Waals surface area (Å²) in [5, 5.41) is 0. The van der Waals surface area contributed by atoms with Crippen molar-refractivity contribution in [3.63, 3.8) is 0 Å². The van der Waals surface area contributed by atoms with Crippen molar-refractivity contribution in [3.05, 3.63) is 71.3 Å². The SMILES string of the molecule is O=S(O)N1CCN(C(c2ccc(F)cc2)c2ccc(F)cc2)CC1. The van der Waals surface area contributed by atoms with Crippen LogP contribution in [-0.4, -0.2) is 44.1 Å². The Labute approximate surface area is 142 Å². The molecule has 1 heterocycles. The highest BCUT2D eigenvalue weighted by Crippen LogP contribution is 2.30. The van der Waals surface area contributed by atoms with Crippen molar-refractivity contribution in [1.82, 2.24) is 9.21 Å². The molecule has 2 aromatic carbocycles. The fraction of sp³-hybridized carbons (Fsp3) is 0.294. The van der Waals surface area contributed by atoms with Gasteiger partial charge in [-0.15, -0.1) is 0 Å². The van der Waals surface area contributed by atoms with E-state index in [2.05, 4.69) is 4.90 Å². The second-order valence-corrected chi connectivity index (χ2v) is 6.68. The normalized spacial score (nSPS) is 18.0. The summed E-state index contributed by atoms with van der Waals surface area (Å²) in [6, 6.07) is 12.4. The molecule has 1 fully saturated rings. The largest absolute Gasteiger partial charge is 0.294 e. The summed E-state index contributed by atoms with van der Waals surface area (Å²) < 4.78 is 48.4. The maximum Gasteiger partial charge on any atom is 0.234 e. The van der Waals surface area contributed by atoms with E-state index in [1.165, 1.54) is 28.6 Å². The third-order valence-electron chi connectivity index (χ3n) is 4.23. The minimum absolute atomic E-state index is 0.152. The number of nitrogens with zero attached hydrogens (tertiary/aromatic N) is 2. The van der Waals surface area contributed by atoms with Gasteiger partial charge in [0.1, 0.15) is 11.6 Å². The lowest BCUT2D eigenvalue weighted by Crippen LogP contribution is -2.48. The second-order valence-electron chi connectivity index (χ2n) is 5.70. The second kappa shape index (κ2) is 7.48. The zero-order chi connectivity index (χ0) is 17.1. The molecule has 0 aliphatic carbocycles. The van der Waals surface area contributed by atoms with E-state index in [1.807, 2.05) is 0 Å². The molecule has 0 saturated carbocycles. The molecular weight excluding hydrogens is 334 g/mol. The third-order valence-corrected chi connectivity index (χ3v) is 5.04. The Morgan fingerprint density at radius 1 is 0.833 bits per heavy atom. The predicted octanol–water partition coefficient (Wildman–Crippen LogP) is 2.81. The van der Waals surface area contributed by atoms with Crippen molar-refractivity contribution in [2.75, 3.05) is 26.2 Å². The lowest BCUT2D eigenvalue weighted by atomic mass is 9.96. The summed E-state index contributed by atoms with van der Waals surface area (Å²) in [6.07, 6.45) is 0. The fourth-order valence-corrected chi connectivity index (χ4v) is 3.50. The minimum atomic E-state index is -1.97. The van der Waals surface area contributed by atoms with Gasteiger partial charge in [-0.05, 0) is 35.4 Å². The van der Waals surface area contributed by atoms with Gasteiger partial charge in [0.15, 0.2) is 0 Å². The summed E-state index contributed by atoms with van der Waals surface area (Å²) in [4.78, 5) is 2.16. The van der Waals surface area contributed by atoms with E-state index in [-0.39, 0.29) is 17.7 Å². The lowest BCUT2D eigenvalue weighted by Gasteiger charge is -2.38. The van der Waals surface area contributed by atoms with Crippen molar-refractivity contribution in [1.29, 1.82) is 0 Å². The van der Waals surface area contributed by atoms with Crippen molar-refractivity contribution in [3.8, 4) is 0 Å². The summed E-state index contributed by atoms with van der Waals surface area (Å²) in [5.41, 5.74) is 1.81. The molecule has 0 spiro atoms. The predicted molar refractivity (Wildman–Crippen MR) is 88.6 cm³/mol. The maximum atomic E-state index is 13.3. The van der Waals surface area contributed by atoms with Crippen molar-refractivity contribution in [2.24, 2.45) is 0 Å². The summed E-state index contributed by atoms with van der Waals surface area (Å²) in [7, 11) is 0. The molecule has 0 radical (unpaired) electrons. The third kappa shape index (κ3) is 3.87. The Morgan fingerprint density at radius 2 is 1.25 bits per heavy atom. The van der Waals surface area contributed by atoms with Crippen LogP contribution < -0.4 is 0 Å². The molecule has 2 aromatic rings. The molecule has 1 atom stereocenters. The summed E-state index contributed by atoms with van der Waals surface area (Å²) in [6.45, 7) is 2.10. The van der Waals surface area contributed by atoms with E-state index in [0.717, 1.165) is 11.1 Å². The van der Waals surface area contributed by atoms with Gasteiger partial charge in [0.2, 0.25) is 11.3 Å². The molecule has 0 aromatic heterocycles. The average molecular weight is 352 g/mol. The van der Waals surface area contributed by atoms with Crippen LogP contribution in [-0.2, 0) is 11.3 Å². The number of rotatable bonds is 4. The van der Waals surface area contributed by atoms with Gasteiger partial charge in [-0.1, -0.05) is 24.3 Å². The molecule has 128 valence electrons. The summed E-state index contributed by atoms with van der Waals surface area (Å²) >= 11 is -1.97. The van der Waals surface area contributed by atoms with Gasteiger partial charge in [-0.2, -0.15) is 4.31 Å². The van der Waals surface area contributed by atoms with Crippen LogP contribution in [0.2, 0.25) is 0 Å². The van der Waals surface area contributed by atoms with Crippen molar-refractivity contribution < 1.29 is 17.5 Å². The lowest BCUT2D eigenvalue weighted by molar-refractivity contribution is 0.154. The van der Waals surface area contributed by atoms with E-state index in [1.54, 1.807) is 24.3 Å². The topological polar surface area (TPSA) is 43.8 Å². The Morgan fingerprint density at radius 3 is 1.62 bits per heavy atom. The van der Waals surface area contributed by atoms with Gasteiger partial charge >= 0.3 is 0 Å². The Hall–Kier alpha value is -1.67. The molecular formula is C17H18F2N2O2S. The summed E-state index contributed by atoms with van der Waals surface area (Å²) in [5.74, 6) is -0.616. The molecule has 3 rings (SSSR count). The number of hydrogen-bond acceptors (Lipinski definition) is 2. The zero-order valence-electron chi connectivity index (χ0n) is 12.9. The molecule has 0 bridgehead atoms. The first kappa shape index (κ1) is 17.2. The Bertz CT molecular complexity index is 656. The van der Waals surface area contributed by atoms with Gasteiger partial charge in [0.05, 0.1) is 6.04 Å². The van der Waals surface area contributed by atoms with Crippen LogP contribution >= 0.6 is 0 Å². The monoisotopic (exact) mass is 352 g/mol. The van der Waals surface area contributed by atoms with Crippen LogP contribution in [0.5, 0.6) is 0 Å². The molecule has 7 heteroatoms. The van der Waals surface area contributed by atoms with Crippen LogP contribution in [0.15, 0.2) is 48.5 Å². The highest BCUT2D eigenvalue weighted by Gasteiger charge is 2.28. The molecule has 1 aliphatic heterocycles. The minimum Gasteiger partial charge on any atom is -0.294 e. The van der Waals surface area contributed by atoms with E-state index in [4.69, 9.17) is 0 Å². The quantitative estimate of drug-likeness (QED) is 0.861. The van der Waals surface area contributed by atoms with Crippen LogP contribution in [0.1, 0.15) is 17.2 Å². The van der Waals surface area contributed by atoms with Crippen LogP contribution in [0.4, 0.5) is 8.78 Å². The number of benzene rings is 2. The van der Waals surface area contributed by atoms with Gasteiger partial charge in [-0.3, -0.25) is 9.45 Å². The van der Waals surface area contributed by atoms with Gasteiger partial charge in [0.25, 0.3) is 0 Å². The van der Waals surface area contributed by atoms with E-state index >= 15 is 0 Å². The molecule has 24 heavy (non-hydrogen) atoms. The molecule has 0 amide bonds. The zero-order valence-corrected chi connectivity index (χ0v) is 13.8. The van der Waals surface area contributed by atoms with Crippen LogP contribution in [0.3, 0.4) is 0 Å². The van der Waals surface area contributed by atoms with Crippen molar-refractivity contribution in [2.45, 2.75) is 6.04 Å². The number of halogens is 2. The fourth-order valence-electron chi connectivity index (χ4n) is 3.02. The number of hydrogen-bond donors (Lipinski definition) is 1. The van der Waals surface area contributed by atoms with Gasteiger partial charge < -0.3 is 0 Å². The van der Waals surface area contributed by atoms with Crippen molar-refractivity contribution >= 4 is 11.3 Å². The van der Waals surface area contributed by atoms with Gasteiger partial charge in [-0.25, -0.2) is 13.0 Å². The number of piperazine rings is 1.